The third-order valence-electron chi connectivity index (χ3n) is 2.79. The van der Waals surface area contributed by atoms with Gasteiger partial charge >= 0.3 is 5.69 Å². The number of benzene rings is 1. The molecule has 2 rings (SSSR count). The van der Waals surface area contributed by atoms with Crippen LogP contribution in [0.1, 0.15) is 16.1 Å². The molecule has 0 saturated heterocycles. The molecule has 0 bridgehead atoms. The molecule has 1 amide bonds. The molecule has 114 valence electrons. The van der Waals surface area contributed by atoms with Crippen LogP contribution >= 0.6 is 0 Å². The van der Waals surface area contributed by atoms with Gasteiger partial charge in [-0.2, -0.15) is 5.10 Å². The highest BCUT2D eigenvalue weighted by atomic mass is 16.2. The normalized spacial score (nSPS) is 10.6. The van der Waals surface area contributed by atoms with E-state index in [9.17, 15) is 14.4 Å². The van der Waals surface area contributed by atoms with Crippen molar-refractivity contribution in [2.45, 2.75) is 0 Å². The SMILES string of the molecule is CN(C)c1ccc(C=NNC(=O)c2cc(=O)[nH]c(=O)[nH]2)cc1. The number of hydrogen-bond acceptors (Lipinski definition) is 5. The van der Waals surface area contributed by atoms with Crippen LogP contribution < -0.4 is 21.6 Å². The minimum Gasteiger partial charge on any atom is -0.378 e. The van der Waals surface area contributed by atoms with Crippen LogP contribution in [0.5, 0.6) is 0 Å². The number of hydrogen-bond donors (Lipinski definition) is 3. The predicted molar refractivity (Wildman–Crippen MR) is 83.5 cm³/mol. The monoisotopic (exact) mass is 301 g/mol. The van der Waals surface area contributed by atoms with Crippen molar-refractivity contribution in [1.82, 2.24) is 15.4 Å². The maximum Gasteiger partial charge on any atom is 0.326 e. The lowest BCUT2D eigenvalue weighted by molar-refractivity contribution is 0.0949. The Morgan fingerprint density at radius 2 is 1.86 bits per heavy atom. The second-order valence-electron chi connectivity index (χ2n) is 4.69. The van der Waals surface area contributed by atoms with E-state index < -0.39 is 17.2 Å². The molecule has 8 heteroatoms. The van der Waals surface area contributed by atoms with Crippen LogP contribution in [0.2, 0.25) is 0 Å². The number of aromatic nitrogens is 2. The molecule has 0 atom stereocenters. The quantitative estimate of drug-likeness (QED) is 0.540. The fourth-order valence-corrected chi connectivity index (χ4v) is 1.68. The Bertz CT molecular complexity index is 774. The first-order chi connectivity index (χ1) is 10.5. The van der Waals surface area contributed by atoms with Crippen molar-refractivity contribution in [1.29, 1.82) is 0 Å². The van der Waals surface area contributed by atoms with Gasteiger partial charge in [0.2, 0.25) is 0 Å². The molecule has 0 aliphatic heterocycles. The van der Waals surface area contributed by atoms with Gasteiger partial charge in [0.15, 0.2) is 0 Å². The van der Waals surface area contributed by atoms with Crippen molar-refractivity contribution in [2.24, 2.45) is 5.10 Å². The Morgan fingerprint density at radius 3 is 2.45 bits per heavy atom. The van der Waals surface area contributed by atoms with Gasteiger partial charge in [-0.3, -0.25) is 14.6 Å². The molecule has 1 aromatic carbocycles. The van der Waals surface area contributed by atoms with Gasteiger partial charge in [0, 0.05) is 25.8 Å². The van der Waals surface area contributed by atoms with Crippen LogP contribution in [0.25, 0.3) is 0 Å². The van der Waals surface area contributed by atoms with E-state index in [1.165, 1.54) is 6.21 Å². The smallest absolute Gasteiger partial charge is 0.326 e. The fourth-order valence-electron chi connectivity index (χ4n) is 1.68. The average Bonchev–Trinajstić information content (AvgIpc) is 2.46. The molecule has 1 aromatic heterocycles. The molecular weight excluding hydrogens is 286 g/mol. The lowest BCUT2D eigenvalue weighted by Gasteiger charge is -2.11. The van der Waals surface area contributed by atoms with Crippen LogP contribution in [0.4, 0.5) is 5.69 Å². The predicted octanol–water partition coefficient (Wildman–Crippen LogP) is -0.107. The second-order valence-corrected chi connectivity index (χ2v) is 4.69. The van der Waals surface area contributed by atoms with E-state index in [0.717, 1.165) is 17.3 Å². The summed E-state index contributed by atoms with van der Waals surface area (Å²) in [7, 11) is 3.87. The molecule has 2 aromatic rings. The third kappa shape index (κ3) is 3.92. The van der Waals surface area contributed by atoms with Crippen LogP contribution in [0, 0.1) is 0 Å². The summed E-state index contributed by atoms with van der Waals surface area (Å²) >= 11 is 0. The van der Waals surface area contributed by atoms with Crippen molar-refractivity contribution in [3.05, 3.63) is 62.4 Å². The maximum atomic E-state index is 11.7. The number of rotatable bonds is 4. The standard InChI is InChI=1S/C14H15N5O3/c1-19(2)10-5-3-9(4-6-10)8-15-18-13(21)11-7-12(20)17-14(22)16-11/h3-8H,1-2H3,(H,18,21)(H2,16,17,20,22). The van der Waals surface area contributed by atoms with E-state index in [4.69, 9.17) is 0 Å². The number of hydrazone groups is 1. The van der Waals surface area contributed by atoms with Crippen molar-refractivity contribution < 1.29 is 4.79 Å². The van der Waals surface area contributed by atoms with E-state index in [0.29, 0.717) is 0 Å². The Kier molecular flexibility index (Phi) is 4.52. The average molecular weight is 301 g/mol. The van der Waals surface area contributed by atoms with E-state index in [-0.39, 0.29) is 5.69 Å². The summed E-state index contributed by atoms with van der Waals surface area (Å²) in [4.78, 5) is 40.0. The summed E-state index contributed by atoms with van der Waals surface area (Å²) in [6, 6.07) is 8.51. The Hall–Kier alpha value is -3.16. The highest BCUT2D eigenvalue weighted by Gasteiger charge is 2.06. The number of nitrogens with zero attached hydrogens (tertiary/aromatic N) is 2. The largest absolute Gasteiger partial charge is 0.378 e. The topological polar surface area (TPSA) is 110 Å². The zero-order valence-corrected chi connectivity index (χ0v) is 12.1. The van der Waals surface area contributed by atoms with Gasteiger partial charge in [0.1, 0.15) is 5.69 Å². The molecule has 0 saturated carbocycles. The second kappa shape index (κ2) is 6.53. The van der Waals surface area contributed by atoms with Gasteiger partial charge in [-0.1, -0.05) is 12.1 Å². The lowest BCUT2D eigenvalue weighted by atomic mass is 10.2. The number of amides is 1. The molecular formula is C14H15N5O3. The summed E-state index contributed by atoms with van der Waals surface area (Å²) in [5, 5.41) is 3.78. The zero-order valence-electron chi connectivity index (χ0n) is 12.1. The summed E-state index contributed by atoms with van der Waals surface area (Å²) in [5.41, 5.74) is 2.51. The first kappa shape index (κ1) is 15.2. The summed E-state index contributed by atoms with van der Waals surface area (Å²) in [6.07, 6.45) is 1.46. The number of carbonyl (C=O) groups excluding carboxylic acids is 1. The van der Waals surface area contributed by atoms with Gasteiger partial charge in [-0.25, -0.2) is 10.2 Å². The summed E-state index contributed by atoms with van der Waals surface area (Å²) in [6.45, 7) is 0. The Balaban J connectivity index is 2.04. The third-order valence-corrected chi connectivity index (χ3v) is 2.79. The van der Waals surface area contributed by atoms with Gasteiger partial charge in [-0.15, -0.1) is 0 Å². The number of H-pyrrole nitrogens is 2. The van der Waals surface area contributed by atoms with E-state index in [1.807, 2.05) is 48.2 Å². The fraction of sp³-hybridized carbons (Fsp3) is 0.143. The minimum absolute atomic E-state index is 0.158. The van der Waals surface area contributed by atoms with Crippen LogP contribution in [0.3, 0.4) is 0 Å². The molecule has 22 heavy (non-hydrogen) atoms. The number of nitrogens with one attached hydrogen (secondary N) is 3. The maximum absolute atomic E-state index is 11.7. The molecule has 0 spiro atoms. The van der Waals surface area contributed by atoms with E-state index in [1.54, 1.807) is 0 Å². The molecule has 0 fully saturated rings. The molecule has 0 radical (unpaired) electrons. The molecule has 8 nitrogen and oxygen atoms in total. The van der Waals surface area contributed by atoms with Crippen molar-refractivity contribution >= 4 is 17.8 Å². The Labute approximate surface area is 125 Å². The minimum atomic E-state index is -0.749. The first-order valence-corrected chi connectivity index (χ1v) is 6.40. The molecule has 0 unspecified atom stereocenters. The number of anilines is 1. The van der Waals surface area contributed by atoms with Gasteiger partial charge in [-0.05, 0) is 17.7 Å². The number of aromatic amines is 2. The van der Waals surface area contributed by atoms with Crippen molar-refractivity contribution in [3.63, 3.8) is 0 Å². The van der Waals surface area contributed by atoms with Gasteiger partial charge < -0.3 is 9.88 Å². The Morgan fingerprint density at radius 1 is 1.18 bits per heavy atom. The van der Waals surface area contributed by atoms with Crippen LogP contribution in [0.15, 0.2) is 45.0 Å². The molecule has 1 heterocycles. The summed E-state index contributed by atoms with van der Waals surface area (Å²) in [5.74, 6) is -0.677. The van der Waals surface area contributed by atoms with E-state index in [2.05, 4.69) is 15.5 Å². The van der Waals surface area contributed by atoms with Crippen molar-refractivity contribution in [3.8, 4) is 0 Å². The molecule has 0 aliphatic rings. The lowest BCUT2D eigenvalue weighted by Crippen LogP contribution is -2.28. The van der Waals surface area contributed by atoms with Crippen LogP contribution in [-0.4, -0.2) is 36.2 Å². The van der Waals surface area contributed by atoms with Crippen LogP contribution in [-0.2, 0) is 0 Å². The molecule has 3 N–H and O–H groups in total. The highest BCUT2D eigenvalue weighted by Crippen LogP contribution is 2.10. The first-order valence-electron chi connectivity index (χ1n) is 6.40. The zero-order chi connectivity index (χ0) is 16.1. The van der Waals surface area contributed by atoms with E-state index >= 15 is 0 Å². The van der Waals surface area contributed by atoms with Gasteiger partial charge in [0.25, 0.3) is 11.5 Å². The summed E-state index contributed by atoms with van der Waals surface area (Å²) < 4.78 is 0. The molecule has 0 aliphatic carbocycles. The highest BCUT2D eigenvalue weighted by molar-refractivity contribution is 5.92. The number of carbonyl (C=O) groups is 1. The van der Waals surface area contributed by atoms with Crippen molar-refractivity contribution in [2.75, 3.05) is 19.0 Å². The van der Waals surface area contributed by atoms with Gasteiger partial charge in [0.05, 0.1) is 6.21 Å².